The summed E-state index contributed by atoms with van der Waals surface area (Å²) in [7, 11) is 1.36. The predicted octanol–water partition coefficient (Wildman–Crippen LogP) is 1.21. The van der Waals surface area contributed by atoms with Crippen LogP contribution in [0.3, 0.4) is 0 Å². The van der Waals surface area contributed by atoms with Gasteiger partial charge >= 0.3 is 5.97 Å². The number of oxazole rings is 1. The van der Waals surface area contributed by atoms with Gasteiger partial charge in [-0.1, -0.05) is 12.1 Å². The van der Waals surface area contributed by atoms with Gasteiger partial charge < -0.3 is 18.8 Å². The van der Waals surface area contributed by atoms with Crippen molar-refractivity contribution >= 4 is 23.1 Å². The highest BCUT2D eigenvalue weighted by Gasteiger charge is 2.33. The van der Waals surface area contributed by atoms with Gasteiger partial charge in [0.15, 0.2) is 11.6 Å². The molecule has 0 saturated carbocycles. The summed E-state index contributed by atoms with van der Waals surface area (Å²) in [6.45, 7) is 1.37. The fraction of sp³-hybridized carbons (Fsp3) is 0.385. The zero-order valence-corrected chi connectivity index (χ0v) is 10.5. The SMILES string of the molecule is COC(=O)C1COCCN1c1nc2ccccc2o1. The van der Waals surface area contributed by atoms with E-state index in [-0.39, 0.29) is 12.6 Å². The smallest absolute Gasteiger partial charge is 0.331 e. The molecule has 0 aliphatic carbocycles. The number of esters is 1. The molecule has 3 rings (SSSR count). The lowest BCUT2D eigenvalue weighted by molar-refractivity contribution is -0.144. The van der Waals surface area contributed by atoms with Gasteiger partial charge in [-0.2, -0.15) is 4.98 Å². The first-order chi connectivity index (χ1) is 9.29. The van der Waals surface area contributed by atoms with Crippen LogP contribution < -0.4 is 4.90 Å². The van der Waals surface area contributed by atoms with E-state index in [9.17, 15) is 4.79 Å². The van der Waals surface area contributed by atoms with E-state index in [0.717, 1.165) is 5.52 Å². The maximum absolute atomic E-state index is 11.8. The van der Waals surface area contributed by atoms with E-state index >= 15 is 0 Å². The third-order valence-electron chi connectivity index (χ3n) is 3.13. The van der Waals surface area contributed by atoms with Gasteiger partial charge in [0.2, 0.25) is 0 Å². The largest absolute Gasteiger partial charge is 0.467 e. The van der Waals surface area contributed by atoms with Gasteiger partial charge in [0.25, 0.3) is 6.01 Å². The van der Waals surface area contributed by atoms with Crippen LogP contribution in [0, 0.1) is 0 Å². The van der Waals surface area contributed by atoms with Crippen molar-refractivity contribution in [2.24, 2.45) is 0 Å². The van der Waals surface area contributed by atoms with E-state index in [0.29, 0.717) is 24.7 Å². The van der Waals surface area contributed by atoms with E-state index in [4.69, 9.17) is 13.9 Å². The van der Waals surface area contributed by atoms with Crippen molar-refractivity contribution in [1.29, 1.82) is 0 Å². The predicted molar refractivity (Wildman–Crippen MR) is 68.0 cm³/mol. The number of rotatable bonds is 2. The number of hydrogen-bond acceptors (Lipinski definition) is 6. The van der Waals surface area contributed by atoms with E-state index < -0.39 is 6.04 Å². The van der Waals surface area contributed by atoms with Crippen LogP contribution in [-0.2, 0) is 14.3 Å². The lowest BCUT2D eigenvalue weighted by atomic mass is 10.2. The number of ether oxygens (including phenoxy) is 2. The molecule has 0 bridgehead atoms. The molecular weight excluding hydrogens is 248 g/mol. The second kappa shape index (κ2) is 4.89. The standard InChI is InChI=1S/C13H14N2O4/c1-17-12(16)10-8-18-7-6-15(10)13-14-9-4-2-3-5-11(9)19-13/h2-5,10H,6-8H2,1H3. The Morgan fingerprint density at radius 2 is 2.32 bits per heavy atom. The number of benzene rings is 1. The highest BCUT2D eigenvalue weighted by Crippen LogP contribution is 2.24. The van der Waals surface area contributed by atoms with E-state index in [1.807, 2.05) is 24.3 Å². The molecule has 2 aromatic rings. The third kappa shape index (κ3) is 2.15. The summed E-state index contributed by atoms with van der Waals surface area (Å²) in [6.07, 6.45) is 0. The summed E-state index contributed by atoms with van der Waals surface area (Å²) in [5, 5.41) is 0. The van der Waals surface area contributed by atoms with Gasteiger partial charge in [0, 0.05) is 6.54 Å². The van der Waals surface area contributed by atoms with Crippen molar-refractivity contribution < 1.29 is 18.7 Å². The Morgan fingerprint density at radius 1 is 1.47 bits per heavy atom. The van der Waals surface area contributed by atoms with Gasteiger partial charge in [0.05, 0.1) is 20.3 Å². The minimum atomic E-state index is -0.508. The molecule has 0 amide bonds. The average Bonchev–Trinajstić information content (AvgIpc) is 2.90. The molecule has 1 unspecified atom stereocenters. The molecule has 1 aromatic carbocycles. The number of para-hydroxylation sites is 2. The van der Waals surface area contributed by atoms with Crippen molar-refractivity contribution in [3.05, 3.63) is 24.3 Å². The Hall–Kier alpha value is -2.08. The summed E-state index contributed by atoms with van der Waals surface area (Å²) in [6, 6.07) is 7.42. The van der Waals surface area contributed by atoms with E-state index in [2.05, 4.69) is 4.98 Å². The molecule has 2 heterocycles. The highest BCUT2D eigenvalue weighted by atomic mass is 16.5. The fourth-order valence-electron chi connectivity index (χ4n) is 2.15. The molecule has 1 fully saturated rings. The Kier molecular flexibility index (Phi) is 3.08. The van der Waals surface area contributed by atoms with Crippen molar-refractivity contribution in [3.63, 3.8) is 0 Å². The summed E-state index contributed by atoms with van der Waals surface area (Å²) in [5.74, 6) is -0.345. The Labute approximate surface area is 109 Å². The van der Waals surface area contributed by atoms with Crippen molar-refractivity contribution in [2.75, 3.05) is 31.8 Å². The van der Waals surface area contributed by atoms with Crippen LogP contribution >= 0.6 is 0 Å². The Balaban J connectivity index is 1.95. The summed E-state index contributed by atoms with van der Waals surface area (Å²) in [5.41, 5.74) is 1.47. The Morgan fingerprint density at radius 3 is 3.11 bits per heavy atom. The first-order valence-electron chi connectivity index (χ1n) is 6.07. The molecule has 6 nitrogen and oxygen atoms in total. The van der Waals surface area contributed by atoms with Gasteiger partial charge in [-0.05, 0) is 12.1 Å². The van der Waals surface area contributed by atoms with Gasteiger partial charge in [0.1, 0.15) is 5.52 Å². The molecule has 19 heavy (non-hydrogen) atoms. The van der Waals surface area contributed by atoms with Crippen LogP contribution in [0.4, 0.5) is 6.01 Å². The number of carbonyl (C=O) groups is 1. The number of nitrogens with zero attached hydrogens (tertiary/aromatic N) is 2. The number of anilines is 1. The molecule has 1 atom stereocenters. The van der Waals surface area contributed by atoms with Crippen molar-refractivity contribution in [3.8, 4) is 0 Å². The number of fused-ring (bicyclic) bond motifs is 1. The maximum atomic E-state index is 11.8. The van der Waals surface area contributed by atoms with E-state index in [1.54, 1.807) is 4.90 Å². The molecule has 0 spiro atoms. The molecule has 1 saturated heterocycles. The monoisotopic (exact) mass is 262 g/mol. The molecule has 1 aliphatic heterocycles. The zero-order chi connectivity index (χ0) is 13.2. The molecule has 0 radical (unpaired) electrons. The molecule has 1 aromatic heterocycles. The van der Waals surface area contributed by atoms with Crippen LogP contribution in [0.1, 0.15) is 0 Å². The van der Waals surface area contributed by atoms with Gasteiger partial charge in [-0.15, -0.1) is 0 Å². The first-order valence-corrected chi connectivity index (χ1v) is 6.07. The number of carbonyl (C=O) groups excluding carboxylic acids is 1. The topological polar surface area (TPSA) is 64.8 Å². The number of morpholine rings is 1. The molecule has 6 heteroatoms. The minimum absolute atomic E-state index is 0.283. The van der Waals surface area contributed by atoms with Crippen LogP contribution in [0.5, 0.6) is 0 Å². The van der Waals surface area contributed by atoms with Gasteiger partial charge in [-0.25, -0.2) is 4.79 Å². The fourth-order valence-corrected chi connectivity index (χ4v) is 2.15. The van der Waals surface area contributed by atoms with E-state index in [1.165, 1.54) is 7.11 Å². The highest BCUT2D eigenvalue weighted by molar-refractivity contribution is 5.81. The molecule has 0 N–H and O–H groups in total. The number of aromatic nitrogens is 1. The van der Waals surface area contributed by atoms with Gasteiger partial charge in [-0.3, -0.25) is 0 Å². The number of hydrogen-bond donors (Lipinski definition) is 0. The van der Waals surface area contributed by atoms with Crippen LogP contribution in [0.15, 0.2) is 28.7 Å². The second-order valence-corrected chi connectivity index (χ2v) is 4.27. The lowest BCUT2D eigenvalue weighted by Gasteiger charge is -2.32. The molecule has 1 aliphatic rings. The number of methoxy groups -OCH3 is 1. The van der Waals surface area contributed by atoms with Crippen LogP contribution in [0.2, 0.25) is 0 Å². The van der Waals surface area contributed by atoms with Crippen molar-refractivity contribution in [2.45, 2.75) is 6.04 Å². The minimum Gasteiger partial charge on any atom is -0.467 e. The van der Waals surface area contributed by atoms with Crippen molar-refractivity contribution in [1.82, 2.24) is 4.98 Å². The van der Waals surface area contributed by atoms with Crippen LogP contribution in [-0.4, -0.2) is 43.9 Å². The summed E-state index contributed by atoms with van der Waals surface area (Å²) in [4.78, 5) is 17.9. The maximum Gasteiger partial charge on any atom is 0.331 e. The molecular formula is C13H14N2O4. The summed E-state index contributed by atoms with van der Waals surface area (Å²) >= 11 is 0. The Bertz CT molecular complexity index is 562. The first kappa shape index (κ1) is 12.0. The normalized spacial score (nSPS) is 19.6. The lowest BCUT2D eigenvalue weighted by Crippen LogP contribution is -2.50. The quantitative estimate of drug-likeness (QED) is 0.758. The van der Waals surface area contributed by atoms with Crippen LogP contribution in [0.25, 0.3) is 11.1 Å². The summed E-state index contributed by atoms with van der Waals surface area (Å²) < 4.78 is 15.8. The average molecular weight is 262 g/mol. The second-order valence-electron chi connectivity index (χ2n) is 4.27. The zero-order valence-electron chi connectivity index (χ0n) is 10.5. The third-order valence-corrected chi connectivity index (χ3v) is 3.13. The molecule has 100 valence electrons.